The van der Waals surface area contributed by atoms with Gasteiger partial charge in [0.2, 0.25) is 5.91 Å². The van der Waals surface area contributed by atoms with Crippen molar-refractivity contribution in [2.24, 2.45) is 5.92 Å². The summed E-state index contributed by atoms with van der Waals surface area (Å²) in [6.07, 6.45) is 6.27. The van der Waals surface area contributed by atoms with E-state index in [0.717, 1.165) is 45.2 Å². The van der Waals surface area contributed by atoms with Crippen LogP contribution < -0.4 is 10.6 Å². The lowest BCUT2D eigenvalue weighted by atomic mass is 9.84. The lowest BCUT2D eigenvalue weighted by Crippen LogP contribution is -2.50. The highest BCUT2D eigenvalue weighted by Crippen LogP contribution is 2.40. The average Bonchev–Trinajstić information content (AvgIpc) is 3.07. The molecule has 1 aromatic carbocycles. The summed E-state index contributed by atoms with van der Waals surface area (Å²) >= 11 is 5.96. The van der Waals surface area contributed by atoms with Crippen LogP contribution in [-0.4, -0.2) is 48.4 Å². The summed E-state index contributed by atoms with van der Waals surface area (Å²) in [7, 11) is 0. The largest absolute Gasteiger partial charge is 0.353 e. The highest BCUT2D eigenvalue weighted by Gasteiger charge is 2.47. The Morgan fingerprint density at radius 1 is 1.11 bits per heavy atom. The van der Waals surface area contributed by atoms with Crippen LogP contribution in [0.5, 0.6) is 0 Å². The quantitative estimate of drug-likeness (QED) is 0.652. The Labute approximate surface area is 179 Å². The number of nitrogens with zero attached hydrogens (tertiary/aromatic N) is 1. The number of benzene rings is 1. The van der Waals surface area contributed by atoms with Crippen LogP contribution >= 0.6 is 24.0 Å². The van der Waals surface area contributed by atoms with Gasteiger partial charge in [0.25, 0.3) is 5.91 Å². The van der Waals surface area contributed by atoms with E-state index in [-0.39, 0.29) is 36.3 Å². The number of rotatable bonds is 7. The third kappa shape index (κ3) is 5.40. The molecule has 2 aliphatic rings. The summed E-state index contributed by atoms with van der Waals surface area (Å²) < 4.78 is 0. The maximum absolute atomic E-state index is 13.2. The number of amides is 2. The first kappa shape index (κ1) is 23.0. The van der Waals surface area contributed by atoms with Crippen molar-refractivity contribution in [3.63, 3.8) is 0 Å². The SMILES string of the molecule is CCCNCCNC(=O)C1CC2CCCCC2N1C(=O)c1ccc(Cl)cc1.Cl. The van der Waals surface area contributed by atoms with Crippen molar-refractivity contribution < 1.29 is 9.59 Å². The molecule has 0 radical (unpaired) electrons. The second-order valence-electron chi connectivity index (χ2n) is 7.62. The van der Waals surface area contributed by atoms with E-state index >= 15 is 0 Å². The van der Waals surface area contributed by atoms with E-state index in [1.54, 1.807) is 24.3 Å². The van der Waals surface area contributed by atoms with Crippen molar-refractivity contribution in [2.45, 2.75) is 57.5 Å². The molecule has 2 N–H and O–H groups in total. The van der Waals surface area contributed by atoms with Gasteiger partial charge in [-0.05, 0) is 62.4 Å². The van der Waals surface area contributed by atoms with Gasteiger partial charge in [-0.2, -0.15) is 0 Å². The predicted octanol–water partition coefficient (Wildman–Crippen LogP) is 3.65. The van der Waals surface area contributed by atoms with Crippen LogP contribution in [0.15, 0.2) is 24.3 Å². The van der Waals surface area contributed by atoms with Crippen molar-refractivity contribution in [2.75, 3.05) is 19.6 Å². The van der Waals surface area contributed by atoms with Crippen molar-refractivity contribution in [3.8, 4) is 0 Å². The summed E-state index contributed by atoms with van der Waals surface area (Å²) in [4.78, 5) is 28.0. The second-order valence-corrected chi connectivity index (χ2v) is 8.06. The molecular formula is C21H31Cl2N3O2. The minimum absolute atomic E-state index is 0. The van der Waals surface area contributed by atoms with Crippen molar-refractivity contribution >= 4 is 35.8 Å². The Hall–Kier alpha value is -1.30. The minimum Gasteiger partial charge on any atom is -0.353 e. The van der Waals surface area contributed by atoms with Crippen LogP contribution in [0.2, 0.25) is 5.02 Å². The van der Waals surface area contributed by atoms with Gasteiger partial charge in [0.15, 0.2) is 0 Å². The number of fused-ring (bicyclic) bond motifs is 1. The molecule has 0 aromatic heterocycles. The van der Waals surface area contributed by atoms with E-state index in [4.69, 9.17) is 11.6 Å². The van der Waals surface area contributed by atoms with Gasteiger partial charge in [0.05, 0.1) is 0 Å². The van der Waals surface area contributed by atoms with Crippen molar-refractivity contribution in [3.05, 3.63) is 34.9 Å². The van der Waals surface area contributed by atoms with Gasteiger partial charge in [-0.1, -0.05) is 31.4 Å². The lowest BCUT2D eigenvalue weighted by molar-refractivity contribution is -0.125. The van der Waals surface area contributed by atoms with Gasteiger partial charge >= 0.3 is 0 Å². The summed E-state index contributed by atoms with van der Waals surface area (Å²) in [5.74, 6) is 0.360. The molecule has 0 bridgehead atoms. The summed E-state index contributed by atoms with van der Waals surface area (Å²) in [5, 5.41) is 6.92. The number of carbonyl (C=O) groups excluding carboxylic acids is 2. The zero-order chi connectivity index (χ0) is 19.2. The Kier molecular flexibility index (Phi) is 9.06. The first-order chi connectivity index (χ1) is 13.1. The van der Waals surface area contributed by atoms with Crippen LogP contribution in [0.4, 0.5) is 0 Å². The molecule has 1 heterocycles. The first-order valence-electron chi connectivity index (χ1n) is 10.2. The predicted molar refractivity (Wildman–Crippen MR) is 115 cm³/mol. The van der Waals surface area contributed by atoms with E-state index < -0.39 is 0 Å². The third-order valence-electron chi connectivity index (χ3n) is 5.74. The van der Waals surface area contributed by atoms with Gasteiger partial charge < -0.3 is 15.5 Å². The molecule has 3 rings (SSSR count). The number of carbonyl (C=O) groups is 2. The molecule has 3 atom stereocenters. The van der Waals surface area contributed by atoms with Crippen LogP contribution in [0, 0.1) is 5.92 Å². The Bertz CT molecular complexity index is 654. The van der Waals surface area contributed by atoms with Gasteiger partial charge in [-0.25, -0.2) is 0 Å². The molecule has 156 valence electrons. The summed E-state index contributed by atoms with van der Waals surface area (Å²) in [6.45, 7) is 4.41. The van der Waals surface area contributed by atoms with Crippen LogP contribution in [-0.2, 0) is 4.79 Å². The Morgan fingerprint density at radius 2 is 1.82 bits per heavy atom. The van der Waals surface area contributed by atoms with Gasteiger partial charge in [-0.15, -0.1) is 12.4 Å². The van der Waals surface area contributed by atoms with Crippen LogP contribution in [0.3, 0.4) is 0 Å². The van der Waals surface area contributed by atoms with Crippen molar-refractivity contribution in [1.82, 2.24) is 15.5 Å². The molecule has 1 aliphatic carbocycles. The zero-order valence-corrected chi connectivity index (χ0v) is 18.0. The van der Waals surface area contributed by atoms with Gasteiger partial charge in [0, 0.05) is 29.7 Å². The molecule has 2 fully saturated rings. The highest BCUT2D eigenvalue weighted by molar-refractivity contribution is 6.30. The van der Waals surface area contributed by atoms with Gasteiger partial charge in [-0.3, -0.25) is 9.59 Å². The lowest BCUT2D eigenvalue weighted by Gasteiger charge is -2.33. The van der Waals surface area contributed by atoms with E-state index in [0.29, 0.717) is 23.0 Å². The van der Waals surface area contributed by atoms with E-state index in [1.165, 1.54) is 6.42 Å². The maximum Gasteiger partial charge on any atom is 0.254 e. The van der Waals surface area contributed by atoms with E-state index in [1.807, 2.05) is 4.90 Å². The average molecular weight is 428 g/mol. The normalized spacial score (nSPS) is 23.6. The number of hydrogen-bond acceptors (Lipinski definition) is 3. The second kappa shape index (κ2) is 11.0. The molecule has 1 saturated carbocycles. The van der Waals surface area contributed by atoms with Gasteiger partial charge in [0.1, 0.15) is 6.04 Å². The van der Waals surface area contributed by atoms with Crippen LogP contribution in [0.25, 0.3) is 0 Å². The number of likely N-dealkylation sites (tertiary alicyclic amines) is 1. The smallest absolute Gasteiger partial charge is 0.254 e. The molecule has 0 spiro atoms. The maximum atomic E-state index is 13.2. The van der Waals surface area contributed by atoms with Crippen LogP contribution in [0.1, 0.15) is 55.8 Å². The molecule has 1 aliphatic heterocycles. The minimum atomic E-state index is -0.368. The molecule has 7 heteroatoms. The number of halogens is 2. The number of hydrogen-bond donors (Lipinski definition) is 2. The number of nitrogens with one attached hydrogen (secondary N) is 2. The molecule has 3 unspecified atom stereocenters. The topological polar surface area (TPSA) is 61.4 Å². The molecule has 28 heavy (non-hydrogen) atoms. The fraction of sp³-hybridized carbons (Fsp3) is 0.619. The fourth-order valence-electron chi connectivity index (χ4n) is 4.42. The zero-order valence-electron chi connectivity index (χ0n) is 16.5. The summed E-state index contributed by atoms with van der Waals surface area (Å²) in [5.41, 5.74) is 0.605. The Morgan fingerprint density at radius 3 is 2.54 bits per heavy atom. The Balaban J connectivity index is 0.00000280. The third-order valence-corrected chi connectivity index (χ3v) is 6.00. The monoisotopic (exact) mass is 427 g/mol. The van der Waals surface area contributed by atoms with Crippen molar-refractivity contribution in [1.29, 1.82) is 0 Å². The first-order valence-corrected chi connectivity index (χ1v) is 10.6. The highest BCUT2D eigenvalue weighted by atomic mass is 35.5. The molecule has 1 aromatic rings. The van der Waals surface area contributed by atoms with E-state index in [2.05, 4.69) is 17.6 Å². The summed E-state index contributed by atoms with van der Waals surface area (Å²) in [6, 6.07) is 6.79. The molecule has 5 nitrogen and oxygen atoms in total. The van der Waals surface area contributed by atoms with E-state index in [9.17, 15) is 9.59 Å². The molecule has 1 saturated heterocycles. The molecule has 2 amide bonds. The fourth-order valence-corrected chi connectivity index (χ4v) is 4.55. The standard InChI is InChI=1S/C21H30ClN3O2.ClH/c1-2-11-23-12-13-24-20(26)19-14-16-5-3-4-6-18(16)25(19)21(27)15-7-9-17(22)10-8-15;/h7-10,16,18-19,23H,2-6,11-14H2,1H3,(H,24,26);1H. The molecular weight excluding hydrogens is 397 g/mol.